The topological polar surface area (TPSA) is 108 Å². The van der Waals surface area contributed by atoms with Gasteiger partial charge >= 0.3 is 0 Å². The number of ether oxygens (including phenoxy) is 2. The standard InChI is InChI=1S/C38H36F2N6O4S/c1-3-34(48)45-12-8-26-22-31(43-46(26)14-13-45)27-9-18-50-33-21-25(39)20-29(40)35(33)36-37(27)42-30(28-11-19-51-38(28)36)7-6-24-23-41-44(2)32(24)10-17-49-16-5-4-15-47/h3-7,10-11,17,19-23,27,47H,1,8-9,12-16,18H2,2H3/b5-4+,7-6+,17-10+. The van der Waals surface area contributed by atoms with Crippen molar-refractivity contribution in [1.29, 1.82) is 0 Å². The van der Waals surface area contributed by atoms with Crippen LogP contribution < -0.4 is 4.74 Å². The Hall–Kier alpha value is -5.40. The molecule has 0 saturated heterocycles. The Balaban J connectivity index is 1.32. The molecule has 13 heteroatoms. The molecule has 7 rings (SSSR count). The van der Waals surface area contributed by atoms with Crippen LogP contribution in [0, 0.1) is 11.6 Å². The number of hydrogen-bond acceptors (Lipinski definition) is 8. The van der Waals surface area contributed by atoms with Crippen molar-refractivity contribution in [3.63, 3.8) is 0 Å². The predicted molar refractivity (Wildman–Crippen MR) is 193 cm³/mol. The Morgan fingerprint density at radius 1 is 1.16 bits per heavy atom. The maximum absolute atomic E-state index is 15.9. The first-order valence-corrected chi connectivity index (χ1v) is 17.5. The van der Waals surface area contributed by atoms with Crippen molar-refractivity contribution in [1.82, 2.24) is 29.4 Å². The highest BCUT2D eigenvalue weighted by atomic mass is 32.1. The molecule has 2 aliphatic heterocycles. The van der Waals surface area contributed by atoms with Gasteiger partial charge in [-0.05, 0) is 54.3 Å². The molecule has 4 aromatic heterocycles. The maximum atomic E-state index is 15.9. The smallest absolute Gasteiger partial charge is 0.246 e. The van der Waals surface area contributed by atoms with Crippen molar-refractivity contribution < 1.29 is 28.2 Å². The van der Waals surface area contributed by atoms with Gasteiger partial charge in [-0.3, -0.25) is 19.1 Å². The number of aromatic nitrogens is 5. The van der Waals surface area contributed by atoms with Crippen LogP contribution in [0.1, 0.15) is 46.4 Å². The zero-order valence-corrected chi connectivity index (χ0v) is 28.8. The highest BCUT2D eigenvalue weighted by molar-refractivity contribution is 7.17. The van der Waals surface area contributed by atoms with Gasteiger partial charge in [0.15, 0.2) is 0 Å². The molecular formula is C38H36F2N6O4S. The van der Waals surface area contributed by atoms with Gasteiger partial charge in [-0.15, -0.1) is 11.3 Å². The van der Waals surface area contributed by atoms with Crippen LogP contribution in [-0.2, 0) is 29.5 Å². The lowest BCUT2D eigenvalue weighted by Crippen LogP contribution is -2.32. The molecule has 0 saturated carbocycles. The summed E-state index contributed by atoms with van der Waals surface area (Å²) < 4.78 is 46.5. The van der Waals surface area contributed by atoms with E-state index in [0.717, 1.165) is 38.8 Å². The van der Waals surface area contributed by atoms with E-state index in [0.29, 0.717) is 56.0 Å². The summed E-state index contributed by atoms with van der Waals surface area (Å²) in [5, 5.41) is 21.1. The van der Waals surface area contributed by atoms with E-state index in [4.69, 9.17) is 24.7 Å². The van der Waals surface area contributed by atoms with E-state index in [9.17, 15) is 9.18 Å². The summed E-state index contributed by atoms with van der Waals surface area (Å²) in [5.41, 5.74) is 5.47. The van der Waals surface area contributed by atoms with E-state index in [1.54, 1.807) is 34.2 Å². The lowest BCUT2D eigenvalue weighted by atomic mass is 9.88. The lowest BCUT2D eigenvalue weighted by molar-refractivity contribution is -0.126. The second kappa shape index (κ2) is 14.8. The molecule has 0 spiro atoms. The number of aliphatic hydroxyl groups excluding tert-OH is 1. The molecule has 1 N–H and O–H groups in total. The van der Waals surface area contributed by atoms with Gasteiger partial charge in [0.2, 0.25) is 5.91 Å². The van der Waals surface area contributed by atoms with Crippen molar-refractivity contribution in [2.24, 2.45) is 7.05 Å². The molecule has 10 nitrogen and oxygen atoms in total. The Labute approximate surface area is 297 Å². The first kappa shape index (κ1) is 34.1. The van der Waals surface area contributed by atoms with Crippen LogP contribution in [-0.4, -0.2) is 73.4 Å². The summed E-state index contributed by atoms with van der Waals surface area (Å²) in [6.45, 7) is 5.68. The third-order valence-electron chi connectivity index (χ3n) is 9.10. The number of rotatable bonds is 9. The van der Waals surface area contributed by atoms with Gasteiger partial charge < -0.3 is 19.5 Å². The summed E-state index contributed by atoms with van der Waals surface area (Å²) in [4.78, 5) is 19.3. The molecule has 1 atom stereocenters. The second-order valence-electron chi connectivity index (χ2n) is 12.2. The molecule has 6 heterocycles. The van der Waals surface area contributed by atoms with E-state index in [1.165, 1.54) is 23.5 Å². The number of amides is 1. The molecule has 2 aliphatic rings. The molecular weight excluding hydrogens is 675 g/mol. The third-order valence-corrected chi connectivity index (χ3v) is 10.0. The number of aryl methyl sites for hydroxylation is 1. The summed E-state index contributed by atoms with van der Waals surface area (Å²) >= 11 is 1.46. The average molecular weight is 711 g/mol. The minimum absolute atomic E-state index is 0.0465. The molecule has 262 valence electrons. The maximum Gasteiger partial charge on any atom is 0.246 e. The largest absolute Gasteiger partial charge is 0.497 e. The third kappa shape index (κ3) is 6.86. The van der Waals surface area contributed by atoms with Gasteiger partial charge in [-0.25, -0.2) is 8.78 Å². The zero-order valence-electron chi connectivity index (χ0n) is 28.0. The number of thiophene rings is 1. The molecule has 1 aromatic carbocycles. The van der Waals surface area contributed by atoms with Crippen LogP contribution in [0.4, 0.5) is 8.78 Å². The van der Waals surface area contributed by atoms with Crippen LogP contribution in [0.15, 0.2) is 66.9 Å². The first-order valence-electron chi connectivity index (χ1n) is 16.6. The van der Waals surface area contributed by atoms with Gasteiger partial charge in [-0.2, -0.15) is 10.2 Å². The Morgan fingerprint density at radius 3 is 2.88 bits per heavy atom. The van der Waals surface area contributed by atoms with E-state index in [2.05, 4.69) is 11.7 Å². The molecule has 0 bridgehead atoms. The number of carbonyl (C=O) groups excluding carboxylic acids is 1. The summed E-state index contributed by atoms with van der Waals surface area (Å²) in [6.07, 6.45) is 14.8. The van der Waals surface area contributed by atoms with E-state index in [-0.39, 0.29) is 36.4 Å². The zero-order chi connectivity index (χ0) is 35.5. The normalized spacial score (nSPS) is 16.2. The van der Waals surface area contributed by atoms with Crippen LogP contribution >= 0.6 is 11.3 Å². The number of carbonyl (C=O) groups is 1. The van der Waals surface area contributed by atoms with Gasteiger partial charge in [0.1, 0.15) is 24.0 Å². The number of fused-ring (bicyclic) bond motifs is 6. The number of benzene rings is 1. The van der Waals surface area contributed by atoms with Gasteiger partial charge in [0, 0.05) is 71.5 Å². The molecule has 51 heavy (non-hydrogen) atoms. The van der Waals surface area contributed by atoms with Gasteiger partial charge in [0.05, 0.1) is 60.6 Å². The van der Waals surface area contributed by atoms with Crippen molar-refractivity contribution in [2.45, 2.75) is 25.3 Å². The van der Waals surface area contributed by atoms with Crippen molar-refractivity contribution in [3.05, 3.63) is 113 Å². The summed E-state index contributed by atoms with van der Waals surface area (Å²) in [5.74, 6) is -1.77. The fourth-order valence-corrected chi connectivity index (χ4v) is 7.57. The average Bonchev–Trinajstić information content (AvgIpc) is 3.82. The first-order chi connectivity index (χ1) is 24.9. The predicted octanol–water partition coefficient (Wildman–Crippen LogP) is 6.36. The Bertz CT molecular complexity index is 2170. The lowest BCUT2D eigenvalue weighted by Gasteiger charge is -2.25. The molecule has 1 amide bonds. The molecule has 0 aliphatic carbocycles. The highest BCUT2D eigenvalue weighted by Gasteiger charge is 2.32. The number of aliphatic hydroxyl groups is 1. The summed E-state index contributed by atoms with van der Waals surface area (Å²) in [6, 6.07) is 6.12. The van der Waals surface area contributed by atoms with Crippen LogP contribution in [0.25, 0.3) is 39.4 Å². The highest BCUT2D eigenvalue weighted by Crippen LogP contribution is 2.47. The monoisotopic (exact) mass is 710 g/mol. The van der Waals surface area contributed by atoms with Crippen molar-refractivity contribution >= 4 is 45.6 Å². The Kier molecular flexibility index (Phi) is 9.91. The van der Waals surface area contributed by atoms with Crippen LogP contribution in [0.2, 0.25) is 0 Å². The van der Waals surface area contributed by atoms with Crippen LogP contribution in [0.5, 0.6) is 5.75 Å². The van der Waals surface area contributed by atoms with Gasteiger partial charge in [-0.1, -0.05) is 12.7 Å². The molecule has 1 unspecified atom stereocenters. The quantitative estimate of drug-likeness (QED) is 0.0821. The second-order valence-corrected chi connectivity index (χ2v) is 13.1. The summed E-state index contributed by atoms with van der Waals surface area (Å²) in [7, 11) is 1.84. The Morgan fingerprint density at radius 2 is 2.04 bits per heavy atom. The minimum atomic E-state index is -0.722. The van der Waals surface area contributed by atoms with E-state index in [1.807, 2.05) is 47.5 Å². The van der Waals surface area contributed by atoms with Gasteiger partial charge in [0.25, 0.3) is 0 Å². The fourth-order valence-electron chi connectivity index (χ4n) is 6.61. The number of halogens is 2. The van der Waals surface area contributed by atoms with E-state index < -0.39 is 11.6 Å². The number of hydrogen-bond donors (Lipinski definition) is 1. The number of pyridine rings is 1. The minimum Gasteiger partial charge on any atom is -0.497 e. The molecule has 0 radical (unpaired) electrons. The molecule has 5 aromatic rings. The van der Waals surface area contributed by atoms with E-state index >= 15 is 4.39 Å². The van der Waals surface area contributed by atoms with Crippen molar-refractivity contribution in [3.8, 4) is 16.9 Å². The SMILES string of the molecule is C=CC(=O)N1CCc2cc(C3CCOc4cc(F)cc(F)c4-c4c3nc(/C=C/c3cnn(C)c3/C=C/OC/C=C/CO)c3ccsc43)nn2CC1. The van der Waals surface area contributed by atoms with Crippen LogP contribution in [0.3, 0.4) is 0 Å². The molecule has 0 fully saturated rings. The number of nitrogens with zero attached hydrogens (tertiary/aromatic N) is 6. The van der Waals surface area contributed by atoms with Crippen molar-refractivity contribution in [2.75, 3.05) is 32.9 Å². The fraction of sp³-hybridized carbons (Fsp3) is 0.263.